The Kier molecular flexibility index (Phi) is 4.89. The van der Waals surface area contributed by atoms with E-state index in [1.807, 2.05) is 17.8 Å². The molecule has 0 amide bonds. The second kappa shape index (κ2) is 6.26. The third-order valence-electron chi connectivity index (χ3n) is 3.40. The average Bonchev–Trinajstić information content (AvgIpc) is 2.37. The second-order valence-corrected chi connectivity index (χ2v) is 7.94. The highest BCUT2D eigenvalue weighted by Gasteiger charge is 2.21. The summed E-state index contributed by atoms with van der Waals surface area (Å²) in [4.78, 5) is 0.179. The maximum absolute atomic E-state index is 11.3. The summed E-state index contributed by atoms with van der Waals surface area (Å²) in [7, 11) is -3.61. The molecule has 1 fully saturated rings. The van der Waals surface area contributed by atoms with Crippen molar-refractivity contribution >= 4 is 21.8 Å². The first kappa shape index (κ1) is 14.8. The van der Waals surface area contributed by atoms with Crippen LogP contribution in [0.4, 0.5) is 0 Å². The van der Waals surface area contributed by atoms with E-state index in [1.165, 1.54) is 24.7 Å². The molecule has 6 heteroatoms. The predicted molar refractivity (Wildman–Crippen MR) is 79.6 cm³/mol. The van der Waals surface area contributed by atoms with E-state index in [1.54, 1.807) is 12.1 Å². The van der Waals surface area contributed by atoms with Gasteiger partial charge in [0.05, 0.1) is 4.90 Å². The summed E-state index contributed by atoms with van der Waals surface area (Å²) in [5.74, 6) is 1.24. The molecule has 2 rings (SSSR count). The average molecular weight is 300 g/mol. The number of primary sulfonamides is 1. The third kappa shape index (κ3) is 4.21. The zero-order chi connectivity index (χ0) is 13.9. The summed E-state index contributed by atoms with van der Waals surface area (Å²) in [5, 5.41) is 9.25. The second-order valence-electron chi connectivity index (χ2n) is 4.90. The van der Waals surface area contributed by atoms with E-state index in [2.05, 4.69) is 12.2 Å². The molecule has 0 radical (unpaired) electrons. The van der Waals surface area contributed by atoms with Crippen molar-refractivity contribution in [2.24, 2.45) is 5.14 Å². The molecule has 1 heterocycles. The lowest BCUT2D eigenvalue weighted by Crippen LogP contribution is -2.38. The lowest BCUT2D eigenvalue weighted by molar-refractivity contribution is 0.462. The van der Waals surface area contributed by atoms with Gasteiger partial charge in [-0.05, 0) is 36.3 Å². The fourth-order valence-electron chi connectivity index (χ4n) is 2.27. The Morgan fingerprint density at radius 1 is 1.47 bits per heavy atom. The highest BCUT2D eigenvalue weighted by atomic mass is 32.2. The Bertz CT molecular complexity index is 531. The number of nitrogens with two attached hydrogens (primary N) is 1. The van der Waals surface area contributed by atoms with Crippen molar-refractivity contribution in [2.45, 2.75) is 42.5 Å². The molecule has 3 N–H and O–H groups in total. The van der Waals surface area contributed by atoms with E-state index < -0.39 is 10.0 Å². The van der Waals surface area contributed by atoms with Gasteiger partial charge < -0.3 is 5.32 Å². The number of sulfonamides is 1. The van der Waals surface area contributed by atoms with Crippen LogP contribution in [0.2, 0.25) is 0 Å². The van der Waals surface area contributed by atoms with E-state index in [-0.39, 0.29) is 4.90 Å². The number of nitrogens with one attached hydrogen (secondary N) is 1. The van der Waals surface area contributed by atoms with Gasteiger partial charge in [0.2, 0.25) is 10.0 Å². The number of benzene rings is 1. The molecule has 19 heavy (non-hydrogen) atoms. The molecule has 106 valence electrons. The van der Waals surface area contributed by atoms with Crippen LogP contribution < -0.4 is 10.5 Å². The first-order valence-corrected chi connectivity index (χ1v) is 9.03. The Morgan fingerprint density at radius 3 is 2.95 bits per heavy atom. The van der Waals surface area contributed by atoms with Gasteiger partial charge in [-0.15, -0.1) is 0 Å². The molecule has 0 spiro atoms. The molecule has 2 unspecified atom stereocenters. The van der Waals surface area contributed by atoms with Crippen LogP contribution in [0.5, 0.6) is 0 Å². The van der Waals surface area contributed by atoms with E-state index >= 15 is 0 Å². The van der Waals surface area contributed by atoms with Gasteiger partial charge in [0.25, 0.3) is 0 Å². The van der Waals surface area contributed by atoms with Crippen LogP contribution in [0.3, 0.4) is 0 Å². The van der Waals surface area contributed by atoms with Crippen LogP contribution in [0, 0.1) is 0 Å². The standard InChI is InChI=1S/C13H20N2O2S2/c1-10-13(6-3-7-18-10)15-9-11-4-2-5-12(8-11)19(14,16)17/h2,4-5,8,10,13,15H,3,6-7,9H2,1H3,(H2,14,16,17). The van der Waals surface area contributed by atoms with Gasteiger partial charge in [0, 0.05) is 17.8 Å². The fourth-order valence-corrected chi connectivity index (χ4v) is 4.03. The molecular weight excluding hydrogens is 280 g/mol. The summed E-state index contributed by atoms with van der Waals surface area (Å²) in [6.45, 7) is 2.92. The fraction of sp³-hybridized carbons (Fsp3) is 0.538. The Hall–Kier alpha value is -0.560. The maximum atomic E-state index is 11.3. The molecule has 1 aromatic carbocycles. The van der Waals surface area contributed by atoms with Crippen molar-refractivity contribution in [1.82, 2.24) is 5.32 Å². The highest BCUT2D eigenvalue weighted by Crippen LogP contribution is 2.25. The van der Waals surface area contributed by atoms with Crippen molar-refractivity contribution in [3.63, 3.8) is 0 Å². The summed E-state index contributed by atoms with van der Waals surface area (Å²) >= 11 is 1.99. The molecule has 2 atom stereocenters. The minimum absolute atomic E-state index is 0.179. The molecule has 0 saturated carbocycles. The van der Waals surface area contributed by atoms with Crippen LogP contribution in [0.1, 0.15) is 25.3 Å². The SMILES string of the molecule is CC1SCCCC1NCc1cccc(S(N)(=O)=O)c1. The molecule has 0 aliphatic carbocycles. The van der Waals surface area contributed by atoms with Crippen molar-refractivity contribution in [2.75, 3.05) is 5.75 Å². The van der Waals surface area contributed by atoms with Crippen LogP contribution >= 0.6 is 11.8 Å². The van der Waals surface area contributed by atoms with E-state index in [4.69, 9.17) is 5.14 Å². The number of hydrogen-bond acceptors (Lipinski definition) is 4. The quantitative estimate of drug-likeness (QED) is 0.888. The van der Waals surface area contributed by atoms with Gasteiger partial charge in [-0.25, -0.2) is 13.6 Å². The van der Waals surface area contributed by atoms with E-state index in [9.17, 15) is 8.42 Å². The normalized spacial score (nSPS) is 24.3. The highest BCUT2D eigenvalue weighted by molar-refractivity contribution is 7.99. The molecule has 4 nitrogen and oxygen atoms in total. The molecule has 1 aliphatic rings. The lowest BCUT2D eigenvalue weighted by Gasteiger charge is -2.29. The first-order chi connectivity index (χ1) is 8.97. The monoisotopic (exact) mass is 300 g/mol. The smallest absolute Gasteiger partial charge is 0.238 e. The number of rotatable bonds is 4. The van der Waals surface area contributed by atoms with Crippen molar-refractivity contribution in [3.8, 4) is 0 Å². The van der Waals surface area contributed by atoms with E-state index in [0.29, 0.717) is 17.8 Å². The summed E-state index contributed by atoms with van der Waals surface area (Å²) < 4.78 is 22.6. The van der Waals surface area contributed by atoms with Crippen molar-refractivity contribution < 1.29 is 8.42 Å². The molecular formula is C13H20N2O2S2. The van der Waals surface area contributed by atoms with Gasteiger partial charge in [-0.2, -0.15) is 11.8 Å². The number of hydrogen-bond donors (Lipinski definition) is 2. The summed E-state index contributed by atoms with van der Waals surface area (Å²) in [6, 6.07) is 7.32. The van der Waals surface area contributed by atoms with Gasteiger partial charge in [0.15, 0.2) is 0 Å². The Balaban J connectivity index is 2.00. The molecule has 1 aromatic rings. The topological polar surface area (TPSA) is 72.2 Å². The first-order valence-electron chi connectivity index (χ1n) is 6.43. The lowest BCUT2D eigenvalue weighted by atomic mass is 10.1. The van der Waals surface area contributed by atoms with Gasteiger partial charge in [-0.1, -0.05) is 19.1 Å². The van der Waals surface area contributed by atoms with E-state index in [0.717, 1.165) is 5.56 Å². The minimum Gasteiger partial charge on any atom is -0.309 e. The summed E-state index contributed by atoms with van der Waals surface area (Å²) in [5.41, 5.74) is 0.953. The largest absolute Gasteiger partial charge is 0.309 e. The zero-order valence-electron chi connectivity index (χ0n) is 11.0. The Morgan fingerprint density at radius 2 is 2.26 bits per heavy atom. The molecule has 1 saturated heterocycles. The van der Waals surface area contributed by atoms with Crippen LogP contribution in [0.15, 0.2) is 29.2 Å². The Labute approximate surface area is 119 Å². The minimum atomic E-state index is -3.61. The molecule has 1 aliphatic heterocycles. The molecule has 0 aromatic heterocycles. The van der Waals surface area contributed by atoms with Gasteiger partial charge in [0.1, 0.15) is 0 Å². The maximum Gasteiger partial charge on any atom is 0.238 e. The van der Waals surface area contributed by atoms with Crippen LogP contribution in [-0.2, 0) is 16.6 Å². The van der Waals surface area contributed by atoms with Gasteiger partial charge in [-0.3, -0.25) is 0 Å². The predicted octanol–water partition coefficient (Wildman–Crippen LogP) is 1.71. The van der Waals surface area contributed by atoms with Crippen LogP contribution in [-0.4, -0.2) is 25.5 Å². The zero-order valence-corrected chi connectivity index (χ0v) is 12.6. The van der Waals surface area contributed by atoms with Crippen molar-refractivity contribution in [1.29, 1.82) is 0 Å². The third-order valence-corrected chi connectivity index (χ3v) is 5.69. The summed E-state index contributed by atoms with van der Waals surface area (Å²) in [6.07, 6.45) is 2.42. The van der Waals surface area contributed by atoms with Crippen molar-refractivity contribution in [3.05, 3.63) is 29.8 Å². The van der Waals surface area contributed by atoms with Gasteiger partial charge >= 0.3 is 0 Å². The molecule has 0 bridgehead atoms. The van der Waals surface area contributed by atoms with Crippen LogP contribution in [0.25, 0.3) is 0 Å². The number of thioether (sulfide) groups is 1.